The van der Waals surface area contributed by atoms with E-state index in [9.17, 15) is 23.1 Å². The number of β-amino-alcohol motifs (C(OH)–C–C–N with tert-alkyl or cyclic N) is 1. The van der Waals surface area contributed by atoms with E-state index in [4.69, 9.17) is 11.6 Å². The van der Waals surface area contributed by atoms with Crippen LogP contribution < -0.4 is 15.0 Å². The summed E-state index contributed by atoms with van der Waals surface area (Å²) >= 11 is 4.72. The average Bonchev–Trinajstić information content (AvgIpc) is 3.36. The number of halogens is 4. The van der Waals surface area contributed by atoms with Gasteiger partial charge in [-0.1, -0.05) is 0 Å². The summed E-state index contributed by atoms with van der Waals surface area (Å²) in [6, 6.07) is 6.62. The van der Waals surface area contributed by atoms with Crippen LogP contribution in [0.5, 0.6) is 5.75 Å². The lowest BCUT2D eigenvalue weighted by atomic mass is 10.1. The lowest BCUT2D eigenvalue weighted by Gasteiger charge is -2.20. The van der Waals surface area contributed by atoms with Crippen molar-refractivity contribution in [3.05, 3.63) is 54.1 Å². The van der Waals surface area contributed by atoms with Gasteiger partial charge in [-0.25, -0.2) is 9.37 Å². The minimum absolute atomic E-state index is 0.0621. The van der Waals surface area contributed by atoms with E-state index in [1.807, 2.05) is 0 Å². The van der Waals surface area contributed by atoms with E-state index < -0.39 is 23.4 Å². The maximum absolute atomic E-state index is 14.2. The van der Waals surface area contributed by atoms with Crippen LogP contribution >= 0.6 is 11.6 Å². The van der Waals surface area contributed by atoms with Crippen LogP contribution in [-0.2, 0) is 0 Å². The fourth-order valence-electron chi connectivity index (χ4n) is 3.36. The zero-order valence-corrected chi connectivity index (χ0v) is 17.1. The van der Waals surface area contributed by atoms with Gasteiger partial charge in [-0.2, -0.15) is 5.10 Å². The number of hydrogen-bond donors (Lipinski definition) is 3. The summed E-state index contributed by atoms with van der Waals surface area (Å²) in [7, 11) is 0. The highest BCUT2D eigenvalue weighted by Gasteiger charge is 2.28. The van der Waals surface area contributed by atoms with Gasteiger partial charge >= 0.3 is 5.57 Å². The fourth-order valence-corrected chi connectivity index (χ4v) is 3.44. The van der Waals surface area contributed by atoms with Gasteiger partial charge in [-0.15, -0.1) is 8.78 Å². The molecule has 1 atom stereocenters. The number of ether oxygens (including phenoxy) is 1. The molecule has 1 aliphatic heterocycles. The number of amides is 1. The van der Waals surface area contributed by atoms with E-state index >= 15 is 0 Å². The van der Waals surface area contributed by atoms with Crippen LogP contribution in [0.2, 0.25) is 0 Å². The number of aliphatic hydroxyl groups is 1. The molecule has 1 fully saturated rings. The van der Waals surface area contributed by atoms with Gasteiger partial charge in [-0.3, -0.25) is 9.89 Å². The lowest BCUT2D eigenvalue weighted by Crippen LogP contribution is -2.23. The molecule has 3 N–H and O–H groups in total. The van der Waals surface area contributed by atoms with Crippen molar-refractivity contribution in [1.29, 1.82) is 0 Å². The monoisotopic (exact) mass is 467 g/mol. The lowest BCUT2D eigenvalue weighted by molar-refractivity contribution is -0.0964. The first-order valence-electron chi connectivity index (χ1n) is 9.49. The van der Waals surface area contributed by atoms with Crippen LogP contribution in [0, 0.1) is 5.82 Å². The van der Waals surface area contributed by atoms with E-state index in [1.54, 1.807) is 4.90 Å². The normalized spacial score (nSPS) is 16.3. The number of H-pyrrole nitrogens is 1. The van der Waals surface area contributed by atoms with Crippen molar-refractivity contribution in [3.8, 4) is 17.0 Å². The molecular weight excluding hydrogens is 451 g/mol. The number of nitrogens with one attached hydrogen (secondary N) is 2. The third-order valence-electron chi connectivity index (χ3n) is 4.80. The van der Waals surface area contributed by atoms with Crippen LogP contribution in [0.1, 0.15) is 16.8 Å². The van der Waals surface area contributed by atoms with Gasteiger partial charge < -0.3 is 20.1 Å². The molecule has 1 amide bonds. The number of rotatable bonds is 6. The maximum Gasteiger partial charge on any atom is 0.487 e. The number of carbonyl (C=O) groups excluding carboxylic acids is 1. The number of hydrogen-bond acceptors (Lipinski definition) is 6. The summed E-state index contributed by atoms with van der Waals surface area (Å²) in [4.78, 5) is 18.9. The first-order valence-corrected chi connectivity index (χ1v) is 9.87. The second kappa shape index (κ2) is 8.67. The number of benzene rings is 1. The maximum atomic E-state index is 14.2. The van der Waals surface area contributed by atoms with Gasteiger partial charge in [0.05, 0.1) is 17.9 Å². The Morgan fingerprint density at radius 2 is 2.06 bits per heavy atom. The summed E-state index contributed by atoms with van der Waals surface area (Å²) in [5, 5.41) is 18.7. The van der Waals surface area contributed by atoms with Crippen molar-refractivity contribution in [1.82, 2.24) is 15.2 Å². The Morgan fingerprint density at radius 1 is 1.31 bits per heavy atom. The second-order valence-electron chi connectivity index (χ2n) is 7.10. The third-order valence-corrected chi connectivity index (χ3v) is 4.88. The predicted octanol–water partition coefficient (Wildman–Crippen LogP) is 3.60. The molecule has 0 saturated carbocycles. The molecule has 168 valence electrons. The van der Waals surface area contributed by atoms with E-state index in [-0.39, 0.29) is 17.0 Å². The topological polar surface area (TPSA) is 103 Å². The third kappa shape index (κ3) is 4.94. The van der Waals surface area contributed by atoms with Crippen LogP contribution in [0.4, 0.5) is 24.7 Å². The SMILES string of the molecule is O=C(Nc1ccc(OC(F)(F)Cl)cc1)c1cnc(N2CC[C@@H](O)C2)c(-c2[nH]ncc2F)c1. The zero-order valence-electron chi connectivity index (χ0n) is 16.4. The molecule has 3 heterocycles. The van der Waals surface area contributed by atoms with Gasteiger partial charge in [0.15, 0.2) is 5.82 Å². The van der Waals surface area contributed by atoms with Crippen molar-refractivity contribution in [2.24, 2.45) is 0 Å². The highest BCUT2D eigenvalue weighted by atomic mass is 35.5. The number of nitrogens with zero attached hydrogens (tertiary/aromatic N) is 3. The van der Waals surface area contributed by atoms with Crippen molar-refractivity contribution in [2.75, 3.05) is 23.3 Å². The molecule has 0 bridgehead atoms. The van der Waals surface area contributed by atoms with Gasteiger partial charge in [0, 0.05) is 42.1 Å². The zero-order chi connectivity index (χ0) is 22.9. The molecular formula is C20H17ClF3N5O3. The van der Waals surface area contributed by atoms with E-state index in [2.05, 4.69) is 25.2 Å². The Morgan fingerprint density at radius 3 is 2.66 bits per heavy atom. The van der Waals surface area contributed by atoms with Crippen molar-refractivity contribution < 1.29 is 27.8 Å². The molecule has 3 aromatic rings. The molecule has 2 aromatic heterocycles. The van der Waals surface area contributed by atoms with Gasteiger partial charge in [0.2, 0.25) is 0 Å². The number of carbonyl (C=O) groups is 1. The highest BCUT2D eigenvalue weighted by molar-refractivity contribution is 6.20. The van der Waals surface area contributed by atoms with E-state index in [0.29, 0.717) is 36.6 Å². The second-order valence-corrected chi connectivity index (χ2v) is 7.54. The summed E-state index contributed by atoms with van der Waals surface area (Å²) in [6.07, 6.45) is 2.37. The number of alkyl halides is 3. The molecule has 1 aromatic carbocycles. The highest BCUT2D eigenvalue weighted by Crippen LogP contribution is 2.32. The van der Waals surface area contributed by atoms with Gasteiger partial charge in [0.1, 0.15) is 17.3 Å². The number of anilines is 2. The molecule has 8 nitrogen and oxygen atoms in total. The molecule has 1 saturated heterocycles. The summed E-state index contributed by atoms with van der Waals surface area (Å²) in [5.41, 5.74) is -3.03. The van der Waals surface area contributed by atoms with Crippen LogP contribution in [-0.4, -0.2) is 51.0 Å². The first-order chi connectivity index (χ1) is 15.2. The Bertz CT molecular complexity index is 1120. The predicted molar refractivity (Wildman–Crippen MR) is 110 cm³/mol. The summed E-state index contributed by atoms with van der Waals surface area (Å²) in [6.45, 7) is 0.856. The first kappa shape index (κ1) is 21.9. The fraction of sp³-hybridized carbons (Fsp3) is 0.250. The largest absolute Gasteiger partial charge is 0.487 e. The molecule has 12 heteroatoms. The summed E-state index contributed by atoms with van der Waals surface area (Å²) < 4.78 is 43.9. The minimum atomic E-state index is -3.85. The molecule has 32 heavy (non-hydrogen) atoms. The number of pyridine rings is 1. The van der Waals surface area contributed by atoms with E-state index in [0.717, 1.165) is 6.20 Å². The van der Waals surface area contributed by atoms with Gasteiger partial charge in [-0.05, 0) is 36.8 Å². The Balaban J connectivity index is 1.58. The smallest absolute Gasteiger partial charge is 0.420 e. The average molecular weight is 468 g/mol. The summed E-state index contributed by atoms with van der Waals surface area (Å²) in [5.74, 6) is -0.941. The standard InChI is InChI=1S/C20H17ClF3N5O3/c21-20(23,24)32-14-3-1-12(2-4-14)27-19(31)11-7-15(17-16(22)9-26-28-17)18(25-8-11)29-6-5-13(30)10-29/h1-4,7-9,13,30H,5-6,10H2,(H,26,28)(H,27,31)/t13-/m1/s1. The van der Waals surface area contributed by atoms with Crippen LogP contribution in [0.3, 0.4) is 0 Å². The Kier molecular flexibility index (Phi) is 5.94. The minimum Gasteiger partial charge on any atom is -0.420 e. The van der Waals surface area contributed by atoms with Crippen molar-refractivity contribution >= 4 is 29.0 Å². The number of aromatic amines is 1. The number of aromatic nitrogens is 3. The van der Waals surface area contributed by atoms with Crippen molar-refractivity contribution in [2.45, 2.75) is 18.1 Å². The molecule has 0 aliphatic carbocycles. The molecule has 0 radical (unpaired) electrons. The molecule has 1 aliphatic rings. The Labute approximate surface area is 185 Å². The van der Waals surface area contributed by atoms with Crippen LogP contribution in [0.15, 0.2) is 42.7 Å². The van der Waals surface area contributed by atoms with E-state index in [1.165, 1.54) is 36.5 Å². The Hall–Kier alpha value is -3.31. The quantitative estimate of drug-likeness (QED) is 0.479. The molecule has 0 unspecified atom stereocenters. The number of aliphatic hydroxyl groups excluding tert-OH is 1. The molecule has 4 rings (SSSR count). The molecule has 0 spiro atoms. The van der Waals surface area contributed by atoms with Gasteiger partial charge in [0.25, 0.3) is 5.91 Å². The van der Waals surface area contributed by atoms with Crippen LogP contribution in [0.25, 0.3) is 11.3 Å². The van der Waals surface area contributed by atoms with Crippen molar-refractivity contribution in [3.63, 3.8) is 0 Å².